The number of hydrogen-bond acceptors (Lipinski definition) is 4. The molecule has 0 aliphatic carbocycles. The minimum Gasteiger partial charge on any atom is -0.482 e. The maximum Gasteiger partial charge on any atom is 0.265 e. The lowest BCUT2D eigenvalue weighted by Gasteiger charge is -2.30. The van der Waals surface area contributed by atoms with Crippen LogP contribution in [0.25, 0.3) is 0 Å². The largest absolute Gasteiger partial charge is 0.482 e. The van der Waals surface area contributed by atoms with E-state index in [0.717, 1.165) is 5.56 Å². The molecule has 6 nitrogen and oxygen atoms in total. The standard InChI is InChI=1S/C24H19Cl2FN2O4/c1-14(33-21-8-4-16(25)10-19(21)26)24(31)28-18-7-9-22-20(11-18)29(23(30)13-32-22)12-15-2-5-17(27)6-3-15/h2-11,14H,12-13H2,1H3,(H,28,31). The summed E-state index contributed by atoms with van der Waals surface area (Å²) in [6.45, 7) is 1.72. The van der Waals surface area contributed by atoms with Crippen LogP contribution >= 0.6 is 23.2 Å². The molecular weight excluding hydrogens is 470 g/mol. The van der Waals surface area contributed by atoms with Crippen molar-refractivity contribution in [3.8, 4) is 11.5 Å². The summed E-state index contributed by atoms with van der Waals surface area (Å²) >= 11 is 12.0. The van der Waals surface area contributed by atoms with Gasteiger partial charge in [-0.3, -0.25) is 9.59 Å². The molecule has 0 radical (unpaired) electrons. The molecule has 0 spiro atoms. The van der Waals surface area contributed by atoms with Crippen LogP contribution in [0.4, 0.5) is 15.8 Å². The van der Waals surface area contributed by atoms with Gasteiger partial charge in [-0.1, -0.05) is 35.3 Å². The first kappa shape index (κ1) is 22.9. The molecule has 0 saturated heterocycles. The lowest BCUT2D eigenvalue weighted by molar-refractivity contribution is -0.122. The van der Waals surface area contributed by atoms with Gasteiger partial charge in [0.2, 0.25) is 0 Å². The van der Waals surface area contributed by atoms with Gasteiger partial charge in [-0.25, -0.2) is 4.39 Å². The average molecular weight is 489 g/mol. The van der Waals surface area contributed by atoms with Crippen LogP contribution in [0.5, 0.6) is 11.5 Å². The summed E-state index contributed by atoms with van der Waals surface area (Å²) in [5, 5.41) is 3.53. The first-order chi connectivity index (χ1) is 15.8. The van der Waals surface area contributed by atoms with E-state index in [9.17, 15) is 14.0 Å². The summed E-state index contributed by atoms with van der Waals surface area (Å²) in [5.74, 6) is -0.169. The van der Waals surface area contributed by atoms with Crippen LogP contribution in [0.1, 0.15) is 12.5 Å². The SMILES string of the molecule is CC(Oc1ccc(Cl)cc1Cl)C(=O)Nc1ccc2c(c1)N(Cc1ccc(F)cc1)C(=O)CO2. The van der Waals surface area contributed by atoms with Crippen molar-refractivity contribution >= 4 is 46.4 Å². The Bertz CT molecular complexity index is 1200. The van der Waals surface area contributed by atoms with Gasteiger partial charge in [-0.15, -0.1) is 0 Å². The van der Waals surface area contributed by atoms with Crippen molar-refractivity contribution < 1.29 is 23.5 Å². The molecule has 4 rings (SSSR count). The molecule has 1 aliphatic heterocycles. The number of hydrogen-bond donors (Lipinski definition) is 1. The third-order valence-electron chi connectivity index (χ3n) is 4.99. The minimum absolute atomic E-state index is 0.105. The van der Waals surface area contributed by atoms with E-state index >= 15 is 0 Å². The molecule has 0 bridgehead atoms. The minimum atomic E-state index is -0.854. The van der Waals surface area contributed by atoms with Crippen LogP contribution in [-0.2, 0) is 16.1 Å². The average Bonchev–Trinajstić information content (AvgIpc) is 2.79. The van der Waals surface area contributed by atoms with E-state index < -0.39 is 12.0 Å². The molecule has 1 unspecified atom stereocenters. The van der Waals surface area contributed by atoms with Gasteiger partial charge in [0, 0.05) is 10.7 Å². The summed E-state index contributed by atoms with van der Waals surface area (Å²) in [5.41, 5.74) is 1.72. The summed E-state index contributed by atoms with van der Waals surface area (Å²) in [6, 6.07) is 15.6. The third kappa shape index (κ3) is 5.38. The maximum atomic E-state index is 13.2. The first-order valence-corrected chi connectivity index (χ1v) is 10.8. The summed E-state index contributed by atoms with van der Waals surface area (Å²) in [4.78, 5) is 26.7. The fourth-order valence-electron chi connectivity index (χ4n) is 3.28. The van der Waals surface area contributed by atoms with E-state index in [0.29, 0.717) is 32.9 Å². The molecular formula is C24H19Cl2FN2O4. The molecule has 9 heteroatoms. The molecule has 2 amide bonds. The van der Waals surface area contributed by atoms with Crippen LogP contribution in [-0.4, -0.2) is 24.5 Å². The predicted octanol–water partition coefficient (Wildman–Crippen LogP) is 5.46. The van der Waals surface area contributed by atoms with Crippen molar-refractivity contribution in [2.24, 2.45) is 0 Å². The van der Waals surface area contributed by atoms with Crippen LogP contribution in [0.3, 0.4) is 0 Å². The van der Waals surface area contributed by atoms with E-state index in [4.69, 9.17) is 32.7 Å². The van der Waals surface area contributed by atoms with Gasteiger partial charge in [-0.05, 0) is 61.0 Å². The van der Waals surface area contributed by atoms with E-state index in [1.165, 1.54) is 23.1 Å². The van der Waals surface area contributed by atoms with Crippen molar-refractivity contribution in [2.45, 2.75) is 19.6 Å². The second-order valence-corrected chi connectivity index (χ2v) is 8.25. The maximum absolute atomic E-state index is 13.2. The Labute approximate surface area is 199 Å². The van der Waals surface area contributed by atoms with Crippen molar-refractivity contribution in [1.82, 2.24) is 0 Å². The highest BCUT2D eigenvalue weighted by atomic mass is 35.5. The van der Waals surface area contributed by atoms with Gasteiger partial charge in [-0.2, -0.15) is 0 Å². The normalized spacial score (nSPS) is 13.7. The Hall–Kier alpha value is -3.29. The van der Waals surface area contributed by atoms with Gasteiger partial charge in [0.25, 0.3) is 11.8 Å². The number of benzene rings is 3. The molecule has 0 fully saturated rings. The molecule has 0 saturated carbocycles. The van der Waals surface area contributed by atoms with Crippen LogP contribution in [0, 0.1) is 5.82 Å². The molecule has 0 aromatic heterocycles. The number of nitrogens with one attached hydrogen (secondary N) is 1. The van der Waals surface area contributed by atoms with Crippen molar-refractivity contribution in [3.63, 3.8) is 0 Å². The molecule has 33 heavy (non-hydrogen) atoms. The summed E-state index contributed by atoms with van der Waals surface area (Å²) in [7, 11) is 0. The Morgan fingerprint density at radius 3 is 2.64 bits per heavy atom. The topological polar surface area (TPSA) is 67.9 Å². The quantitative estimate of drug-likeness (QED) is 0.499. The molecule has 3 aromatic carbocycles. The molecule has 1 heterocycles. The van der Waals surface area contributed by atoms with E-state index in [-0.39, 0.29) is 24.9 Å². The Balaban J connectivity index is 1.50. The number of anilines is 2. The van der Waals surface area contributed by atoms with Crippen LogP contribution in [0.15, 0.2) is 60.7 Å². The van der Waals surface area contributed by atoms with E-state index in [1.807, 2.05) is 0 Å². The van der Waals surface area contributed by atoms with E-state index in [1.54, 1.807) is 49.4 Å². The van der Waals surface area contributed by atoms with Crippen LogP contribution < -0.4 is 19.7 Å². The fraction of sp³-hybridized carbons (Fsp3) is 0.167. The van der Waals surface area contributed by atoms with Gasteiger partial charge >= 0.3 is 0 Å². The molecule has 3 aromatic rings. The van der Waals surface area contributed by atoms with Crippen molar-refractivity contribution in [2.75, 3.05) is 16.8 Å². The van der Waals surface area contributed by atoms with Gasteiger partial charge in [0.1, 0.15) is 17.3 Å². The zero-order chi connectivity index (χ0) is 23.5. The number of fused-ring (bicyclic) bond motifs is 1. The highest BCUT2D eigenvalue weighted by molar-refractivity contribution is 6.35. The zero-order valence-corrected chi connectivity index (χ0v) is 19.0. The Morgan fingerprint density at radius 1 is 1.15 bits per heavy atom. The number of nitrogens with zero attached hydrogens (tertiary/aromatic N) is 1. The number of carbonyl (C=O) groups is 2. The molecule has 1 aliphatic rings. The Kier molecular flexibility index (Phi) is 6.72. The first-order valence-electron chi connectivity index (χ1n) is 10.0. The number of carbonyl (C=O) groups excluding carboxylic acids is 2. The van der Waals surface area contributed by atoms with Gasteiger partial charge in [0.05, 0.1) is 17.3 Å². The van der Waals surface area contributed by atoms with Gasteiger partial charge < -0.3 is 19.7 Å². The lowest BCUT2D eigenvalue weighted by atomic mass is 10.1. The lowest BCUT2D eigenvalue weighted by Crippen LogP contribution is -2.38. The third-order valence-corrected chi connectivity index (χ3v) is 5.52. The van der Waals surface area contributed by atoms with E-state index in [2.05, 4.69) is 5.32 Å². The van der Waals surface area contributed by atoms with Crippen molar-refractivity contribution in [1.29, 1.82) is 0 Å². The number of ether oxygens (including phenoxy) is 2. The molecule has 1 N–H and O–H groups in total. The van der Waals surface area contributed by atoms with Gasteiger partial charge in [0.15, 0.2) is 12.7 Å². The summed E-state index contributed by atoms with van der Waals surface area (Å²) < 4.78 is 24.4. The fourth-order valence-corrected chi connectivity index (χ4v) is 3.74. The molecule has 1 atom stereocenters. The second kappa shape index (κ2) is 9.68. The molecule has 170 valence electrons. The predicted molar refractivity (Wildman–Crippen MR) is 125 cm³/mol. The van der Waals surface area contributed by atoms with Crippen molar-refractivity contribution in [3.05, 3.63) is 82.1 Å². The monoisotopic (exact) mass is 488 g/mol. The van der Waals surface area contributed by atoms with Crippen LogP contribution in [0.2, 0.25) is 10.0 Å². The smallest absolute Gasteiger partial charge is 0.265 e. The highest BCUT2D eigenvalue weighted by Crippen LogP contribution is 2.36. The zero-order valence-electron chi connectivity index (χ0n) is 17.5. The number of halogens is 3. The Morgan fingerprint density at radius 2 is 1.91 bits per heavy atom. The number of amides is 2. The second-order valence-electron chi connectivity index (χ2n) is 7.40. The number of rotatable bonds is 6. The summed E-state index contributed by atoms with van der Waals surface area (Å²) in [6.07, 6.45) is -0.854. The highest BCUT2D eigenvalue weighted by Gasteiger charge is 2.26.